The van der Waals surface area contributed by atoms with Crippen LogP contribution in [0.2, 0.25) is 5.02 Å². The van der Waals surface area contributed by atoms with E-state index in [1.807, 2.05) is 31.7 Å². The van der Waals surface area contributed by atoms with Gasteiger partial charge in [-0.3, -0.25) is 15.0 Å². The highest BCUT2D eigenvalue weighted by Crippen LogP contribution is 2.27. The first kappa shape index (κ1) is 30.7. The van der Waals surface area contributed by atoms with Crippen LogP contribution in [-0.4, -0.2) is 49.3 Å². The van der Waals surface area contributed by atoms with Crippen molar-refractivity contribution < 1.29 is 20.1 Å². The van der Waals surface area contributed by atoms with Crippen molar-refractivity contribution in [1.82, 2.24) is 15.0 Å². The molecule has 0 atom stereocenters. The molecule has 202 valence electrons. The lowest BCUT2D eigenvalue weighted by Gasteiger charge is -2.08. The van der Waals surface area contributed by atoms with Crippen LogP contribution >= 0.6 is 11.6 Å². The summed E-state index contributed by atoms with van der Waals surface area (Å²) in [6.45, 7) is 6.10. The van der Waals surface area contributed by atoms with E-state index in [4.69, 9.17) is 31.7 Å². The van der Waals surface area contributed by atoms with Crippen LogP contribution in [0.1, 0.15) is 16.7 Å². The monoisotopic (exact) mass is 553 g/mol. The van der Waals surface area contributed by atoms with Gasteiger partial charge in [-0.1, -0.05) is 60.1 Å². The van der Waals surface area contributed by atoms with Crippen LogP contribution in [0.25, 0.3) is 22.3 Å². The maximum absolute atomic E-state index is 8.68. The van der Waals surface area contributed by atoms with Crippen molar-refractivity contribution in [1.29, 1.82) is 0 Å². The Kier molecular flexibility index (Phi) is 11.6. The molecule has 0 unspecified atom stereocenters. The molecule has 0 aliphatic rings. The summed E-state index contributed by atoms with van der Waals surface area (Å²) in [6.07, 6.45) is 10.9. The standard InChI is InChI=1S/C18H16N2.C6H8B2O4.C6H6ClN/c1-13-11-19-9-7-17(13)15-3-5-16(6-4-15)18-8-10-20-12-14(18)2;9-7(10)5-1-2-6(4-3-5)8(11)12;1-5-4-8-3-2-6(5)7/h3-12H,1-2H3;1-4,9-12H;2-4H,1H3. The molecule has 0 fully saturated rings. The number of nitrogens with zero attached hydrogens (tertiary/aromatic N) is 3. The smallest absolute Gasteiger partial charge is 0.423 e. The maximum atomic E-state index is 8.68. The molecule has 0 spiro atoms. The number of rotatable bonds is 4. The van der Waals surface area contributed by atoms with Crippen molar-refractivity contribution >= 4 is 36.8 Å². The number of hydrogen-bond acceptors (Lipinski definition) is 7. The molecule has 5 rings (SSSR count). The van der Waals surface area contributed by atoms with E-state index >= 15 is 0 Å². The third-order valence-corrected chi connectivity index (χ3v) is 6.46. The van der Waals surface area contributed by atoms with E-state index < -0.39 is 14.2 Å². The Morgan fingerprint density at radius 1 is 0.500 bits per heavy atom. The molecule has 40 heavy (non-hydrogen) atoms. The Labute approximate surface area is 240 Å². The van der Waals surface area contributed by atoms with Crippen LogP contribution in [-0.2, 0) is 0 Å². The molecule has 0 aliphatic carbocycles. The Morgan fingerprint density at radius 2 is 0.850 bits per heavy atom. The van der Waals surface area contributed by atoms with Gasteiger partial charge in [0.15, 0.2) is 0 Å². The fraction of sp³-hybridized carbons (Fsp3) is 0.100. The molecule has 0 saturated heterocycles. The molecule has 7 nitrogen and oxygen atoms in total. The van der Waals surface area contributed by atoms with E-state index in [1.54, 1.807) is 18.5 Å². The van der Waals surface area contributed by atoms with Crippen LogP contribution in [0.15, 0.2) is 104 Å². The minimum absolute atomic E-state index is 0.319. The summed E-state index contributed by atoms with van der Waals surface area (Å²) in [4.78, 5) is 12.1. The highest BCUT2D eigenvalue weighted by atomic mass is 35.5. The van der Waals surface area contributed by atoms with Crippen molar-refractivity contribution in [3.8, 4) is 22.3 Å². The molecule has 0 aliphatic heterocycles. The summed E-state index contributed by atoms with van der Waals surface area (Å²) in [7, 11) is -3.04. The van der Waals surface area contributed by atoms with E-state index in [0.29, 0.717) is 10.9 Å². The van der Waals surface area contributed by atoms with Gasteiger partial charge in [0.2, 0.25) is 0 Å². The van der Waals surface area contributed by atoms with E-state index in [1.165, 1.54) is 57.6 Å². The zero-order valence-corrected chi connectivity index (χ0v) is 23.2. The molecule has 0 radical (unpaired) electrons. The van der Waals surface area contributed by atoms with Crippen molar-refractivity contribution in [2.75, 3.05) is 0 Å². The lowest BCUT2D eigenvalue weighted by Crippen LogP contribution is -2.34. The van der Waals surface area contributed by atoms with Crippen LogP contribution in [0.3, 0.4) is 0 Å². The topological polar surface area (TPSA) is 120 Å². The second-order valence-corrected chi connectivity index (χ2v) is 9.40. The highest BCUT2D eigenvalue weighted by Gasteiger charge is 2.14. The Balaban J connectivity index is 0.000000187. The lowest BCUT2D eigenvalue weighted by atomic mass is 9.75. The van der Waals surface area contributed by atoms with Crippen LogP contribution in [0.4, 0.5) is 0 Å². The number of aromatic nitrogens is 3. The van der Waals surface area contributed by atoms with E-state index in [2.05, 4.69) is 65.2 Å². The average molecular weight is 554 g/mol. The van der Waals surface area contributed by atoms with Crippen LogP contribution in [0.5, 0.6) is 0 Å². The average Bonchev–Trinajstić information content (AvgIpc) is 2.96. The summed E-state index contributed by atoms with van der Waals surface area (Å²) in [5, 5.41) is 35.5. The van der Waals surface area contributed by atoms with Gasteiger partial charge in [-0.05, 0) is 88.8 Å². The Hall–Kier alpha value is -3.85. The van der Waals surface area contributed by atoms with Gasteiger partial charge in [-0.15, -0.1) is 0 Å². The summed E-state index contributed by atoms with van der Waals surface area (Å²) in [5.74, 6) is 0. The van der Waals surface area contributed by atoms with Gasteiger partial charge in [0.1, 0.15) is 0 Å². The largest absolute Gasteiger partial charge is 0.488 e. The molecule has 4 N–H and O–H groups in total. The summed E-state index contributed by atoms with van der Waals surface area (Å²) in [6, 6.07) is 20.2. The summed E-state index contributed by atoms with van der Waals surface area (Å²) >= 11 is 5.67. The normalized spacial score (nSPS) is 10.0. The van der Waals surface area contributed by atoms with Gasteiger partial charge in [-0.2, -0.15) is 0 Å². The molecule has 3 heterocycles. The van der Waals surface area contributed by atoms with Gasteiger partial charge in [0, 0.05) is 42.2 Å². The summed E-state index contributed by atoms with van der Waals surface area (Å²) in [5.41, 5.74) is 8.96. The maximum Gasteiger partial charge on any atom is 0.488 e. The predicted octanol–water partition coefficient (Wildman–Crippen LogP) is 3.52. The Bertz CT molecular complexity index is 1390. The molecule has 0 amide bonds. The third-order valence-electron chi connectivity index (χ3n) is 6.03. The molecule has 3 aromatic heterocycles. The second-order valence-electron chi connectivity index (χ2n) is 9.00. The van der Waals surface area contributed by atoms with Gasteiger partial charge >= 0.3 is 14.2 Å². The fourth-order valence-electron chi connectivity index (χ4n) is 3.72. The fourth-order valence-corrected chi connectivity index (χ4v) is 3.83. The van der Waals surface area contributed by atoms with Crippen molar-refractivity contribution in [3.05, 3.63) is 126 Å². The number of pyridine rings is 3. The minimum Gasteiger partial charge on any atom is -0.423 e. The lowest BCUT2D eigenvalue weighted by molar-refractivity contribution is 0.423. The van der Waals surface area contributed by atoms with Gasteiger partial charge in [0.05, 0.1) is 0 Å². The molecule has 0 bridgehead atoms. The predicted molar refractivity (Wildman–Crippen MR) is 162 cm³/mol. The molecule has 5 aromatic rings. The molecular formula is C30H30B2ClN3O4. The van der Waals surface area contributed by atoms with E-state index in [-0.39, 0.29) is 0 Å². The van der Waals surface area contributed by atoms with Gasteiger partial charge in [0.25, 0.3) is 0 Å². The molecule has 0 saturated carbocycles. The van der Waals surface area contributed by atoms with Gasteiger partial charge < -0.3 is 20.1 Å². The van der Waals surface area contributed by atoms with E-state index in [9.17, 15) is 0 Å². The summed E-state index contributed by atoms with van der Waals surface area (Å²) < 4.78 is 0. The molecular weight excluding hydrogens is 523 g/mol. The molecule has 10 heteroatoms. The third kappa shape index (κ3) is 8.84. The Morgan fingerprint density at radius 3 is 1.12 bits per heavy atom. The minimum atomic E-state index is -1.52. The zero-order chi connectivity index (χ0) is 29.1. The van der Waals surface area contributed by atoms with Crippen molar-refractivity contribution in [2.24, 2.45) is 0 Å². The second kappa shape index (κ2) is 15.1. The van der Waals surface area contributed by atoms with Crippen LogP contribution < -0.4 is 10.9 Å². The van der Waals surface area contributed by atoms with Crippen molar-refractivity contribution in [3.63, 3.8) is 0 Å². The number of hydrogen-bond donors (Lipinski definition) is 4. The first-order valence-corrected chi connectivity index (χ1v) is 12.9. The van der Waals surface area contributed by atoms with Gasteiger partial charge in [-0.25, -0.2) is 0 Å². The van der Waals surface area contributed by atoms with E-state index in [0.717, 1.165) is 10.6 Å². The molecule has 2 aromatic carbocycles. The number of aryl methyl sites for hydroxylation is 3. The first-order chi connectivity index (χ1) is 19.2. The highest BCUT2D eigenvalue weighted by molar-refractivity contribution is 6.60. The first-order valence-electron chi connectivity index (χ1n) is 12.5. The zero-order valence-electron chi connectivity index (χ0n) is 22.5. The van der Waals surface area contributed by atoms with Crippen molar-refractivity contribution in [2.45, 2.75) is 20.8 Å². The quantitative estimate of drug-likeness (QED) is 0.252. The SMILES string of the molecule is Cc1cnccc1-c1ccc(-c2ccncc2C)cc1.Cc1cnccc1Cl.OB(O)c1ccc(B(O)O)cc1. The van der Waals surface area contributed by atoms with Crippen LogP contribution in [0, 0.1) is 20.8 Å². The number of benzene rings is 2. The number of halogens is 1.